The molecular formula is C17H26O3. The lowest BCUT2D eigenvalue weighted by Crippen LogP contribution is -2.28. The zero-order valence-electron chi connectivity index (χ0n) is 12.5. The van der Waals surface area contributed by atoms with Crippen molar-refractivity contribution >= 4 is 5.97 Å². The van der Waals surface area contributed by atoms with Gasteiger partial charge in [-0.1, -0.05) is 38.3 Å². The standard InChI is InChI=1S/C17H26O3/c1-17(7-3-2-4-8-17)11-19-12-20-16(18)15-10-13-5-6-14(15)9-13/h5-6,13-15H,2-4,7-12H2,1H3. The first kappa shape index (κ1) is 14.1. The number of allylic oxidation sites excluding steroid dienone is 2. The van der Waals surface area contributed by atoms with Crippen molar-refractivity contribution in [2.24, 2.45) is 23.2 Å². The summed E-state index contributed by atoms with van der Waals surface area (Å²) in [5.74, 6) is 1.05. The van der Waals surface area contributed by atoms with E-state index >= 15 is 0 Å². The lowest BCUT2D eigenvalue weighted by molar-refractivity contribution is -0.165. The zero-order chi connectivity index (χ0) is 14.0. The third kappa shape index (κ3) is 3.08. The minimum Gasteiger partial charge on any atom is -0.438 e. The molecule has 3 aliphatic carbocycles. The molecule has 0 spiro atoms. The van der Waals surface area contributed by atoms with E-state index in [-0.39, 0.29) is 18.7 Å². The van der Waals surface area contributed by atoms with Crippen molar-refractivity contribution in [1.82, 2.24) is 0 Å². The molecule has 2 fully saturated rings. The van der Waals surface area contributed by atoms with Crippen LogP contribution in [0.1, 0.15) is 51.9 Å². The smallest absolute Gasteiger partial charge is 0.311 e. The van der Waals surface area contributed by atoms with E-state index in [1.807, 2.05) is 0 Å². The van der Waals surface area contributed by atoms with Gasteiger partial charge in [0, 0.05) is 0 Å². The fourth-order valence-corrected chi connectivity index (χ4v) is 4.10. The topological polar surface area (TPSA) is 35.5 Å². The summed E-state index contributed by atoms with van der Waals surface area (Å²) < 4.78 is 10.9. The lowest BCUT2D eigenvalue weighted by atomic mass is 9.76. The summed E-state index contributed by atoms with van der Waals surface area (Å²) in [6, 6.07) is 0. The summed E-state index contributed by atoms with van der Waals surface area (Å²) in [5.41, 5.74) is 0.291. The van der Waals surface area contributed by atoms with E-state index in [1.54, 1.807) is 0 Å². The minimum atomic E-state index is -0.0596. The summed E-state index contributed by atoms with van der Waals surface area (Å²) in [6.45, 7) is 3.14. The number of carbonyl (C=O) groups is 1. The summed E-state index contributed by atoms with van der Waals surface area (Å²) in [7, 11) is 0. The highest BCUT2D eigenvalue weighted by atomic mass is 16.7. The first-order valence-electron chi connectivity index (χ1n) is 8.09. The minimum absolute atomic E-state index is 0.0596. The van der Waals surface area contributed by atoms with Crippen molar-refractivity contribution in [3.63, 3.8) is 0 Å². The number of ether oxygens (including phenoxy) is 2. The number of carbonyl (C=O) groups excluding carboxylic acids is 1. The highest BCUT2D eigenvalue weighted by Crippen LogP contribution is 2.43. The van der Waals surface area contributed by atoms with Gasteiger partial charge < -0.3 is 9.47 Å². The third-order valence-electron chi connectivity index (χ3n) is 5.38. The van der Waals surface area contributed by atoms with Crippen LogP contribution in [0.15, 0.2) is 12.2 Å². The average molecular weight is 278 g/mol. The molecule has 0 radical (unpaired) electrons. The van der Waals surface area contributed by atoms with Crippen molar-refractivity contribution in [3.8, 4) is 0 Å². The quantitative estimate of drug-likeness (QED) is 0.333. The van der Waals surface area contributed by atoms with Crippen LogP contribution >= 0.6 is 0 Å². The van der Waals surface area contributed by atoms with Gasteiger partial charge in [0.15, 0.2) is 6.79 Å². The average Bonchev–Trinajstić information content (AvgIpc) is 3.07. The largest absolute Gasteiger partial charge is 0.438 e. The fraction of sp³-hybridized carbons (Fsp3) is 0.824. The van der Waals surface area contributed by atoms with E-state index in [0.29, 0.717) is 17.3 Å². The first-order valence-corrected chi connectivity index (χ1v) is 8.09. The second-order valence-electron chi connectivity index (χ2n) is 7.19. The molecule has 2 bridgehead atoms. The van der Waals surface area contributed by atoms with Crippen molar-refractivity contribution in [2.75, 3.05) is 13.4 Å². The number of rotatable bonds is 5. The maximum absolute atomic E-state index is 12.0. The van der Waals surface area contributed by atoms with Gasteiger partial charge >= 0.3 is 5.97 Å². The Labute approximate surface area is 121 Å². The number of esters is 1. The molecule has 3 heteroatoms. The van der Waals surface area contributed by atoms with Crippen LogP contribution in [0, 0.1) is 23.2 Å². The van der Waals surface area contributed by atoms with Crippen LogP contribution in [0.25, 0.3) is 0 Å². The van der Waals surface area contributed by atoms with Gasteiger partial charge in [0.05, 0.1) is 12.5 Å². The molecule has 0 aliphatic heterocycles. The van der Waals surface area contributed by atoms with E-state index in [0.717, 1.165) is 19.4 Å². The molecule has 3 unspecified atom stereocenters. The Morgan fingerprint density at radius 3 is 2.65 bits per heavy atom. The van der Waals surface area contributed by atoms with Gasteiger partial charge in [0.2, 0.25) is 0 Å². The van der Waals surface area contributed by atoms with Crippen LogP contribution in [0.2, 0.25) is 0 Å². The molecule has 0 amide bonds. The molecule has 3 nitrogen and oxygen atoms in total. The Bertz CT molecular complexity index is 382. The Hall–Kier alpha value is -0.830. The fourth-order valence-electron chi connectivity index (χ4n) is 4.10. The second-order valence-corrected chi connectivity index (χ2v) is 7.19. The summed E-state index contributed by atoms with van der Waals surface area (Å²) in [4.78, 5) is 12.0. The van der Waals surface area contributed by atoms with Gasteiger partial charge in [-0.2, -0.15) is 0 Å². The summed E-state index contributed by atoms with van der Waals surface area (Å²) >= 11 is 0. The van der Waals surface area contributed by atoms with Gasteiger partial charge in [-0.15, -0.1) is 0 Å². The molecule has 3 aliphatic rings. The second kappa shape index (κ2) is 5.88. The van der Waals surface area contributed by atoms with Crippen molar-refractivity contribution in [1.29, 1.82) is 0 Å². The predicted molar refractivity (Wildman–Crippen MR) is 76.9 cm³/mol. The van der Waals surface area contributed by atoms with E-state index in [2.05, 4.69) is 19.1 Å². The first-order chi connectivity index (χ1) is 9.66. The van der Waals surface area contributed by atoms with E-state index in [4.69, 9.17) is 9.47 Å². The molecule has 112 valence electrons. The SMILES string of the molecule is CC1(COCOC(=O)C2CC3C=CC2C3)CCCCC1. The molecule has 0 N–H and O–H groups in total. The zero-order valence-corrected chi connectivity index (χ0v) is 12.5. The Kier molecular flexibility index (Phi) is 4.16. The maximum atomic E-state index is 12.0. The van der Waals surface area contributed by atoms with E-state index in [9.17, 15) is 4.79 Å². The highest BCUT2D eigenvalue weighted by molar-refractivity contribution is 5.74. The van der Waals surface area contributed by atoms with E-state index in [1.165, 1.54) is 32.1 Å². The van der Waals surface area contributed by atoms with Crippen LogP contribution < -0.4 is 0 Å². The lowest BCUT2D eigenvalue weighted by Gasteiger charge is -2.33. The molecule has 0 saturated heterocycles. The normalized spacial score (nSPS) is 34.4. The van der Waals surface area contributed by atoms with Gasteiger partial charge in [0.1, 0.15) is 0 Å². The third-order valence-corrected chi connectivity index (χ3v) is 5.38. The van der Waals surface area contributed by atoms with Crippen LogP contribution in [0.5, 0.6) is 0 Å². The van der Waals surface area contributed by atoms with Crippen LogP contribution in [-0.4, -0.2) is 19.4 Å². The molecular weight excluding hydrogens is 252 g/mol. The Morgan fingerprint density at radius 1 is 1.20 bits per heavy atom. The molecule has 0 aromatic carbocycles. The monoisotopic (exact) mass is 278 g/mol. The summed E-state index contributed by atoms with van der Waals surface area (Å²) in [5, 5.41) is 0. The van der Waals surface area contributed by atoms with Gasteiger partial charge in [-0.25, -0.2) is 0 Å². The number of hydrogen-bond acceptors (Lipinski definition) is 3. The number of hydrogen-bond donors (Lipinski definition) is 0. The van der Waals surface area contributed by atoms with Gasteiger partial charge in [-0.05, 0) is 42.9 Å². The Morgan fingerprint density at radius 2 is 2.00 bits per heavy atom. The summed E-state index contributed by atoms with van der Waals surface area (Å²) in [6.07, 6.45) is 13.0. The molecule has 0 aromatic heterocycles. The van der Waals surface area contributed by atoms with Crippen LogP contribution in [0.4, 0.5) is 0 Å². The maximum Gasteiger partial charge on any atom is 0.311 e. The van der Waals surface area contributed by atoms with Crippen molar-refractivity contribution < 1.29 is 14.3 Å². The van der Waals surface area contributed by atoms with Gasteiger partial charge in [-0.3, -0.25) is 4.79 Å². The van der Waals surface area contributed by atoms with Crippen LogP contribution in [0.3, 0.4) is 0 Å². The van der Waals surface area contributed by atoms with Crippen molar-refractivity contribution in [2.45, 2.75) is 51.9 Å². The molecule has 20 heavy (non-hydrogen) atoms. The van der Waals surface area contributed by atoms with Crippen LogP contribution in [-0.2, 0) is 14.3 Å². The number of fused-ring (bicyclic) bond motifs is 2. The molecule has 0 aromatic rings. The molecule has 2 saturated carbocycles. The van der Waals surface area contributed by atoms with Gasteiger partial charge in [0.25, 0.3) is 0 Å². The van der Waals surface area contributed by atoms with E-state index < -0.39 is 0 Å². The highest BCUT2D eigenvalue weighted by Gasteiger charge is 2.40. The molecule has 3 rings (SSSR count). The molecule has 3 atom stereocenters. The predicted octanol–water partition coefficient (Wildman–Crippen LogP) is 3.69. The molecule has 0 heterocycles. The Balaban J connectivity index is 1.35. The van der Waals surface area contributed by atoms with Crippen molar-refractivity contribution in [3.05, 3.63) is 12.2 Å².